The van der Waals surface area contributed by atoms with Crippen LogP contribution in [-0.2, 0) is 4.74 Å². The van der Waals surface area contributed by atoms with Gasteiger partial charge in [0.25, 0.3) is 0 Å². The summed E-state index contributed by atoms with van der Waals surface area (Å²) < 4.78 is 5.52. The van der Waals surface area contributed by atoms with Gasteiger partial charge >= 0.3 is 12.1 Å². The number of nitrogens with zero attached hydrogens (tertiary/aromatic N) is 4. The third-order valence-electron chi connectivity index (χ3n) is 3.77. The minimum Gasteiger partial charge on any atom is -0.478 e. The summed E-state index contributed by atoms with van der Waals surface area (Å²) in [5.74, 6) is -1.06. The molecule has 0 atom stereocenters. The van der Waals surface area contributed by atoms with Crippen molar-refractivity contribution >= 4 is 35.3 Å². The first kappa shape index (κ1) is 21.2. The molecule has 0 spiro atoms. The molecular formula is C21H19ClN4O4. The number of benzene rings is 1. The van der Waals surface area contributed by atoms with Crippen LogP contribution < -0.4 is 4.90 Å². The van der Waals surface area contributed by atoms with Gasteiger partial charge < -0.3 is 9.84 Å². The molecule has 3 aromatic rings. The molecule has 0 saturated carbocycles. The van der Waals surface area contributed by atoms with Crippen LogP contribution in [0.2, 0.25) is 5.02 Å². The molecule has 30 heavy (non-hydrogen) atoms. The predicted molar refractivity (Wildman–Crippen MR) is 112 cm³/mol. The topological polar surface area (TPSA) is 106 Å². The molecule has 0 aliphatic rings. The Labute approximate surface area is 178 Å². The summed E-state index contributed by atoms with van der Waals surface area (Å²) in [5.41, 5.74) is 0.559. The third-order valence-corrected chi connectivity index (χ3v) is 4.00. The van der Waals surface area contributed by atoms with Crippen LogP contribution in [0.3, 0.4) is 0 Å². The average molecular weight is 427 g/mol. The van der Waals surface area contributed by atoms with E-state index in [4.69, 9.17) is 16.3 Å². The van der Waals surface area contributed by atoms with E-state index < -0.39 is 17.7 Å². The minimum absolute atomic E-state index is 0.0199. The minimum atomic E-state index is -1.10. The fourth-order valence-electron chi connectivity index (χ4n) is 2.54. The summed E-state index contributed by atoms with van der Waals surface area (Å²) in [7, 11) is 0. The second-order valence-corrected chi connectivity index (χ2v) is 7.74. The maximum atomic E-state index is 13.0. The fraction of sp³-hybridized carbons (Fsp3) is 0.190. The van der Waals surface area contributed by atoms with Gasteiger partial charge in [-0.25, -0.2) is 24.5 Å². The lowest BCUT2D eigenvalue weighted by atomic mass is 10.1. The number of carboxylic acid groups (broad SMARTS) is 1. The Morgan fingerprint density at radius 3 is 2.57 bits per heavy atom. The number of aromatic carboxylic acids is 1. The SMILES string of the molecule is CC(C)(C)OC(=O)N(c1cccc(Cl)c1)c1nccc(-c2cncc(C(=O)O)c2)n1. The summed E-state index contributed by atoms with van der Waals surface area (Å²) in [4.78, 5) is 38.0. The van der Waals surface area contributed by atoms with Gasteiger partial charge in [-0.3, -0.25) is 4.98 Å². The van der Waals surface area contributed by atoms with Gasteiger partial charge in [0.1, 0.15) is 5.60 Å². The monoisotopic (exact) mass is 426 g/mol. The highest BCUT2D eigenvalue weighted by Crippen LogP contribution is 2.29. The molecule has 0 saturated heterocycles. The lowest BCUT2D eigenvalue weighted by Crippen LogP contribution is -2.34. The molecule has 1 amide bonds. The van der Waals surface area contributed by atoms with E-state index in [2.05, 4.69) is 15.0 Å². The third kappa shape index (κ3) is 5.09. The molecule has 0 aliphatic heterocycles. The highest BCUT2D eigenvalue weighted by Gasteiger charge is 2.27. The van der Waals surface area contributed by atoms with Gasteiger partial charge in [0.2, 0.25) is 5.95 Å². The van der Waals surface area contributed by atoms with Crippen LogP contribution in [0.1, 0.15) is 31.1 Å². The van der Waals surface area contributed by atoms with Crippen LogP contribution in [0.15, 0.2) is 55.0 Å². The first-order valence-corrected chi connectivity index (χ1v) is 9.32. The van der Waals surface area contributed by atoms with Crippen molar-refractivity contribution in [2.24, 2.45) is 0 Å². The zero-order valence-corrected chi connectivity index (χ0v) is 17.3. The Morgan fingerprint density at radius 1 is 1.13 bits per heavy atom. The Bertz CT molecular complexity index is 1100. The van der Waals surface area contributed by atoms with Crippen molar-refractivity contribution in [1.82, 2.24) is 15.0 Å². The van der Waals surface area contributed by atoms with E-state index in [0.29, 0.717) is 22.0 Å². The zero-order chi connectivity index (χ0) is 21.9. The highest BCUT2D eigenvalue weighted by atomic mass is 35.5. The molecule has 1 N–H and O–H groups in total. The second-order valence-electron chi connectivity index (χ2n) is 7.30. The summed E-state index contributed by atoms with van der Waals surface area (Å²) in [5, 5.41) is 9.63. The van der Waals surface area contributed by atoms with Crippen LogP contribution in [0.4, 0.5) is 16.4 Å². The molecule has 2 heterocycles. The summed E-state index contributed by atoms with van der Waals surface area (Å²) in [6.07, 6.45) is 3.51. The number of hydrogen-bond donors (Lipinski definition) is 1. The number of anilines is 2. The van der Waals surface area contributed by atoms with Gasteiger partial charge in [-0.05, 0) is 51.1 Å². The van der Waals surface area contributed by atoms with Crippen molar-refractivity contribution in [2.45, 2.75) is 26.4 Å². The number of amides is 1. The van der Waals surface area contributed by atoms with Crippen LogP contribution in [0, 0.1) is 0 Å². The molecule has 9 heteroatoms. The van der Waals surface area contributed by atoms with E-state index in [1.165, 1.54) is 29.6 Å². The molecular weight excluding hydrogens is 408 g/mol. The lowest BCUT2D eigenvalue weighted by molar-refractivity contribution is 0.0596. The van der Waals surface area contributed by atoms with Gasteiger partial charge in [-0.15, -0.1) is 0 Å². The van der Waals surface area contributed by atoms with Crippen LogP contribution in [0.5, 0.6) is 0 Å². The van der Waals surface area contributed by atoms with Gasteiger partial charge in [0, 0.05) is 29.2 Å². The van der Waals surface area contributed by atoms with E-state index >= 15 is 0 Å². The molecule has 0 bridgehead atoms. The normalized spacial score (nSPS) is 11.1. The van der Waals surface area contributed by atoms with Crippen molar-refractivity contribution in [1.29, 1.82) is 0 Å². The number of pyridine rings is 1. The Morgan fingerprint density at radius 2 is 1.90 bits per heavy atom. The van der Waals surface area contributed by atoms with Gasteiger partial charge in [0.05, 0.1) is 16.9 Å². The van der Waals surface area contributed by atoms with Gasteiger partial charge in [-0.1, -0.05) is 17.7 Å². The van der Waals surface area contributed by atoms with E-state index in [-0.39, 0.29) is 11.5 Å². The van der Waals surface area contributed by atoms with Crippen LogP contribution in [-0.4, -0.2) is 37.7 Å². The van der Waals surface area contributed by atoms with Crippen molar-refractivity contribution in [3.05, 3.63) is 65.6 Å². The van der Waals surface area contributed by atoms with Crippen LogP contribution >= 0.6 is 11.6 Å². The molecule has 1 aromatic carbocycles. The largest absolute Gasteiger partial charge is 0.478 e. The summed E-state index contributed by atoms with van der Waals surface area (Å²) >= 11 is 6.10. The maximum absolute atomic E-state index is 13.0. The quantitative estimate of drug-likeness (QED) is 0.628. The number of ether oxygens (including phenoxy) is 1. The molecule has 0 aliphatic carbocycles. The molecule has 0 unspecified atom stereocenters. The number of aromatic nitrogens is 3. The van der Waals surface area contributed by atoms with Gasteiger partial charge in [-0.2, -0.15) is 0 Å². The first-order valence-electron chi connectivity index (χ1n) is 8.94. The smallest absolute Gasteiger partial charge is 0.421 e. The number of rotatable bonds is 4. The maximum Gasteiger partial charge on any atom is 0.421 e. The molecule has 3 rings (SSSR count). The van der Waals surface area contributed by atoms with E-state index in [0.717, 1.165) is 0 Å². The average Bonchev–Trinajstić information content (AvgIpc) is 2.67. The van der Waals surface area contributed by atoms with E-state index in [9.17, 15) is 14.7 Å². The molecule has 8 nitrogen and oxygen atoms in total. The van der Waals surface area contributed by atoms with Gasteiger partial charge in [0.15, 0.2) is 0 Å². The molecule has 0 radical (unpaired) electrons. The standard InChI is InChI=1S/C21H19ClN4O4/c1-21(2,3)30-20(29)26(16-6-4-5-15(22)10-16)19-24-8-7-17(25-19)13-9-14(18(27)28)12-23-11-13/h4-12H,1-3H3,(H,27,28). The first-order chi connectivity index (χ1) is 14.1. The van der Waals surface area contributed by atoms with Crippen molar-refractivity contribution < 1.29 is 19.4 Å². The number of carbonyl (C=O) groups excluding carboxylic acids is 1. The van der Waals surface area contributed by atoms with Crippen molar-refractivity contribution in [2.75, 3.05) is 4.90 Å². The number of carbonyl (C=O) groups is 2. The second kappa shape index (κ2) is 8.46. The zero-order valence-electron chi connectivity index (χ0n) is 16.5. The van der Waals surface area contributed by atoms with Crippen molar-refractivity contribution in [3.8, 4) is 11.3 Å². The fourth-order valence-corrected chi connectivity index (χ4v) is 2.72. The Balaban J connectivity index is 2.08. The number of hydrogen-bond acceptors (Lipinski definition) is 6. The molecule has 2 aromatic heterocycles. The summed E-state index contributed by atoms with van der Waals surface area (Å²) in [6, 6.07) is 9.68. The van der Waals surface area contributed by atoms with E-state index in [1.54, 1.807) is 51.1 Å². The highest BCUT2D eigenvalue weighted by molar-refractivity contribution is 6.31. The predicted octanol–water partition coefficient (Wildman–Crippen LogP) is 4.96. The Kier molecular flexibility index (Phi) is 5.98. The molecule has 154 valence electrons. The Hall–Kier alpha value is -3.52. The van der Waals surface area contributed by atoms with E-state index in [1.807, 2.05) is 0 Å². The summed E-state index contributed by atoms with van der Waals surface area (Å²) in [6.45, 7) is 5.25. The van der Waals surface area contributed by atoms with Crippen LogP contribution in [0.25, 0.3) is 11.3 Å². The number of halogens is 1. The molecule has 0 fully saturated rings. The lowest BCUT2D eigenvalue weighted by Gasteiger charge is -2.26. The van der Waals surface area contributed by atoms with Crippen molar-refractivity contribution in [3.63, 3.8) is 0 Å². The number of carboxylic acids is 1.